The van der Waals surface area contributed by atoms with E-state index in [0.29, 0.717) is 17.9 Å². The third kappa shape index (κ3) is 3.16. The fourth-order valence-electron chi connectivity index (χ4n) is 4.60. The minimum Gasteiger partial charge on any atom is -0.338 e. The first-order valence-electron chi connectivity index (χ1n) is 9.99. The van der Waals surface area contributed by atoms with Crippen LogP contribution in [0, 0.1) is 6.92 Å². The van der Waals surface area contributed by atoms with Crippen LogP contribution in [0.5, 0.6) is 0 Å². The molecule has 3 aromatic heterocycles. The fourth-order valence-corrected chi connectivity index (χ4v) is 4.60. The number of likely N-dealkylation sites (tertiary alicyclic amines) is 1. The summed E-state index contributed by atoms with van der Waals surface area (Å²) in [5, 5.41) is 0. The molecule has 146 valence electrons. The summed E-state index contributed by atoms with van der Waals surface area (Å²) in [6.07, 6.45) is 12.7. The van der Waals surface area contributed by atoms with E-state index in [9.17, 15) is 4.79 Å². The second-order valence-electron chi connectivity index (χ2n) is 7.93. The van der Waals surface area contributed by atoms with Crippen molar-refractivity contribution in [3.05, 3.63) is 65.8 Å². The first-order valence-corrected chi connectivity index (χ1v) is 9.99. The van der Waals surface area contributed by atoms with Crippen LogP contribution in [0.25, 0.3) is 11.4 Å². The highest BCUT2D eigenvalue weighted by molar-refractivity contribution is 5.94. The smallest absolute Gasteiger partial charge is 0.257 e. The molecule has 1 saturated heterocycles. The molecular formula is C22H22N6O. The Bertz CT molecular complexity index is 1050. The SMILES string of the molecule is Cc1ncc2c(n1)C1(CCCN(C(=O)c3cnc(-c4ccncc4)nc3)C1)CC2. The van der Waals surface area contributed by atoms with Gasteiger partial charge in [0, 0.05) is 55.1 Å². The zero-order chi connectivity index (χ0) is 19.8. The van der Waals surface area contributed by atoms with E-state index >= 15 is 0 Å². The van der Waals surface area contributed by atoms with Gasteiger partial charge in [-0.2, -0.15) is 0 Å². The third-order valence-corrected chi connectivity index (χ3v) is 6.06. The van der Waals surface area contributed by atoms with E-state index in [4.69, 9.17) is 4.98 Å². The zero-order valence-electron chi connectivity index (χ0n) is 16.4. The van der Waals surface area contributed by atoms with Crippen LogP contribution in [0.4, 0.5) is 0 Å². The quantitative estimate of drug-likeness (QED) is 0.673. The van der Waals surface area contributed by atoms with Gasteiger partial charge in [0.2, 0.25) is 0 Å². The number of amides is 1. The number of hydrogen-bond donors (Lipinski definition) is 0. The van der Waals surface area contributed by atoms with Crippen LogP contribution >= 0.6 is 0 Å². The van der Waals surface area contributed by atoms with Crippen LogP contribution in [0.2, 0.25) is 0 Å². The molecule has 1 fully saturated rings. The topological polar surface area (TPSA) is 84.8 Å². The number of hydrogen-bond acceptors (Lipinski definition) is 6. The Morgan fingerprint density at radius 2 is 1.86 bits per heavy atom. The lowest BCUT2D eigenvalue weighted by Crippen LogP contribution is -2.48. The standard InChI is InChI=1S/C22H22N6O/c1-15-24-11-17-3-7-22(19(17)27-15)6-2-10-28(14-22)21(29)18-12-25-20(26-13-18)16-4-8-23-9-5-16/h4-5,8-9,11-13H,2-3,6-7,10,14H2,1H3. The summed E-state index contributed by atoms with van der Waals surface area (Å²) in [4.78, 5) is 37.0. The van der Waals surface area contributed by atoms with Crippen molar-refractivity contribution < 1.29 is 4.79 Å². The Kier molecular flexibility index (Phi) is 4.30. The largest absolute Gasteiger partial charge is 0.338 e. The molecule has 1 atom stereocenters. The number of piperidine rings is 1. The molecule has 5 rings (SSSR count). The second-order valence-corrected chi connectivity index (χ2v) is 7.93. The highest BCUT2D eigenvalue weighted by atomic mass is 16.2. The average Bonchev–Trinajstić information content (AvgIpc) is 3.11. The lowest BCUT2D eigenvalue weighted by atomic mass is 9.77. The van der Waals surface area contributed by atoms with Gasteiger partial charge in [-0.1, -0.05) is 0 Å². The molecule has 1 amide bonds. The van der Waals surface area contributed by atoms with Gasteiger partial charge in [-0.05, 0) is 50.3 Å². The molecule has 1 unspecified atom stereocenters. The maximum atomic E-state index is 13.2. The summed E-state index contributed by atoms with van der Waals surface area (Å²) in [6, 6.07) is 3.71. The molecule has 0 radical (unpaired) electrons. The lowest BCUT2D eigenvalue weighted by molar-refractivity contribution is 0.0632. The highest BCUT2D eigenvalue weighted by Crippen LogP contribution is 2.44. The minimum absolute atomic E-state index is 0.00965. The van der Waals surface area contributed by atoms with Crippen LogP contribution in [-0.2, 0) is 11.8 Å². The molecule has 2 aliphatic rings. The van der Waals surface area contributed by atoms with Gasteiger partial charge in [0.15, 0.2) is 5.82 Å². The van der Waals surface area contributed by atoms with Crippen molar-refractivity contribution in [2.75, 3.05) is 13.1 Å². The highest BCUT2D eigenvalue weighted by Gasteiger charge is 2.44. The Balaban J connectivity index is 1.38. The van der Waals surface area contributed by atoms with E-state index in [-0.39, 0.29) is 11.3 Å². The molecule has 1 aliphatic heterocycles. The van der Waals surface area contributed by atoms with Crippen LogP contribution in [0.15, 0.2) is 43.1 Å². The summed E-state index contributed by atoms with van der Waals surface area (Å²) in [5.41, 5.74) is 3.74. The Labute approximate surface area is 169 Å². The number of rotatable bonds is 2. The average molecular weight is 386 g/mol. The van der Waals surface area contributed by atoms with Gasteiger partial charge in [-0.15, -0.1) is 0 Å². The van der Waals surface area contributed by atoms with Gasteiger partial charge in [0.05, 0.1) is 11.3 Å². The van der Waals surface area contributed by atoms with Crippen molar-refractivity contribution >= 4 is 5.91 Å². The molecule has 1 spiro atoms. The van der Waals surface area contributed by atoms with Crippen molar-refractivity contribution in [2.24, 2.45) is 0 Å². The molecule has 0 bridgehead atoms. The van der Waals surface area contributed by atoms with Crippen LogP contribution in [-0.4, -0.2) is 48.8 Å². The lowest BCUT2D eigenvalue weighted by Gasteiger charge is -2.40. The number of carbonyl (C=O) groups excluding carboxylic acids is 1. The molecule has 7 heteroatoms. The Hall–Kier alpha value is -3.22. The van der Waals surface area contributed by atoms with Gasteiger partial charge >= 0.3 is 0 Å². The number of nitrogens with zero attached hydrogens (tertiary/aromatic N) is 6. The first-order chi connectivity index (χ1) is 14.1. The summed E-state index contributed by atoms with van der Waals surface area (Å²) < 4.78 is 0. The van der Waals surface area contributed by atoms with Gasteiger partial charge in [0.25, 0.3) is 5.91 Å². The Morgan fingerprint density at radius 1 is 1.07 bits per heavy atom. The molecule has 1 aliphatic carbocycles. The number of fused-ring (bicyclic) bond motifs is 2. The number of carbonyl (C=O) groups is 1. The summed E-state index contributed by atoms with van der Waals surface area (Å²) >= 11 is 0. The van der Waals surface area contributed by atoms with Gasteiger partial charge < -0.3 is 4.90 Å². The summed E-state index contributed by atoms with van der Waals surface area (Å²) in [5.74, 6) is 1.38. The molecule has 3 aromatic rings. The molecule has 29 heavy (non-hydrogen) atoms. The van der Waals surface area contributed by atoms with Crippen LogP contribution < -0.4 is 0 Å². The maximum absolute atomic E-state index is 13.2. The normalized spacial score (nSPS) is 20.7. The molecule has 4 heterocycles. The van der Waals surface area contributed by atoms with E-state index in [2.05, 4.69) is 19.9 Å². The molecule has 0 saturated carbocycles. The summed E-state index contributed by atoms with van der Waals surface area (Å²) in [6.45, 7) is 3.38. The third-order valence-electron chi connectivity index (χ3n) is 6.06. The predicted octanol–water partition coefficient (Wildman–Crippen LogP) is 2.76. The van der Waals surface area contributed by atoms with E-state index in [1.165, 1.54) is 5.56 Å². The molecule has 0 aromatic carbocycles. The van der Waals surface area contributed by atoms with E-state index in [1.54, 1.807) is 24.8 Å². The van der Waals surface area contributed by atoms with Crippen LogP contribution in [0.3, 0.4) is 0 Å². The van der Waals surface area contributed by atoms with Crippen molar-refractivity contribution in [3.8, 4) is 11.4 Å². The van der Waals surface area contributed by atoms with Crippen molar-refractivity contribution in [3.63, 3.8) is 0 Å². The summed E-state index contributed by atoms with van der Waals surface area (Å²) in [7, 11) is 0. The maximum Gasteiger partial charge on any atom is 0.257 e. The predicted molar refractivity (Wildman–Crippen MR) is 107 cm³/mol. The minimum atomic E-state index is -0.0468. The van der Waals surface area contributed by atoms with Crippen molar-refractivity contribution in [2.45, 2.75) is 38.0 Å². The van der Waals surface area contributed by atoms with E-state index in [1.807, 2.05) is 30.2 Å². The van der Waals surface area contributed by atoms with E-state index in [0.717, 1.165) is 49.3 Å². The number of pyridine rings is 1. The van der Waals surface area contributed by atoms with Gasteiger partial charge in [0.1, 0.15) is 5.82 Å². The molecule has 7 nitrogen and oxygen atoms in total. The monoisotopic (exact) mass is 386 g/mol. The number of aryl methyl sites for hydroxylation is 2. The van der Waals surface area contributed by atoms with Crippen molar-refractivity contribution in [1.82, 2.24) is 29.8 Å². The van der Waals surface area contributed by atoms with Crippen LogP contribution in [0.1, 0.15) is 46.7 Å². The second kappa shape index (κ2) is 6.99. The van der Waals surface area contributed by atoms with Gasteiger partial charge in [-0.3, -0.25) is 9.78 Å². The van der Waals surface area contributed by atoms with Crippen molar-refractivity contribution in [1.29, 1.82) is 0 Å². The Morgan fingerprint density at radius 3 is 2.66 bits per heavy atom. The molecule has 0 N–H and O–H groups in total. The zero-order valence-corrected chi connectivity index (χ0v) is 16.4. The first kappa shape index (κ1) is 17.8. The fraction of sp³-hybridized carbons (Fsp3) is 0.364. The number of aromatic nitrogens is 5. The van der Waals surface area contributed by atoms with E-state index < -0.39 is 0 Å². The van der Waals surface area contributed by atoms with Gasteiger partial charge in [-0.25, -0.2) is 19.9 Å². The molecular weight excluding hydrogens is 364 g/mol.